The average molecular weight is 476 g/mol. The first-order valence-corrected chi connectivity index (χ1v) is 12.5. The van der Waals surface area contributed by atoms with E-state index in [1.807, 2.05) is 24.3 Å². The molecule has 1 aliphatic carbocycles. The van der Waals surface area contributed by atoms with E-state index in [9.17, 15) is 18.0 Å². The predicted octanol–water partition coefficient (Wildman–Crippen LogP) is 2.17. The van der Waals surface area contributed by atoms with E-state index in [1.54, 1.807) is 19.1 Å². The van der Waals surface area contributed by atoms with Crippen LogP contribution >= 0.6 is 0 Å². The smallest absolute Gasteiger partial charge is 0.355 e. The Morgan fingerprint density at radius 1 is 1.12 bits per heavy atom. The Labute approximate surface area is 193 Å². The maximum atomic E-state index is 12.8. The third kappa shape index (κ3) is 5.22. The van der Waals surface area contributed by atoms with E-state index in [-0.39, 0.29) is 22.5 Å². The number of ether oxygens (including phenoxy) is 2. The molecule has 0 bridgehead atoms. The highest BCUT2D eigenvalue weighted by Gasteiger charge is 2.33. The number of hydrogen-bond donors (Lipinski definition) is 0. The molecule has 178 valence electrons. The van der Waals surface area contributed by atoms with E-state index in [4.69, 9.17) is 9.47 Å². The first kappa shape index (κ1) is 23.3. The molecule has 1 aromatic carbocycles. The second kappa shape index (κ2) is 9.56. The van der Waals surface area contributed by atoms with Gasteiger partial charge in [-0.2, -0.15) is 4.31 Å². The number of benzene rings is 1. The number of amides is 1. The van der Waals surface area contributed by atoms with Crippen LogP contribution < -0.4 is 4.74 Å². The van der Waals surface area contributed by atoms with Crippen LogP contribution in [0.1, 0.15) is 41.7 Å². The summed E-state index contributed by atoms with van der Waals surface area (Å²) in [6, 6.07) is 8.95. The number of rotatable bonds is 9. The SMILES string of the molecule is COc1ccc(CN(C(=O)COC(=O)c2cc(S(=O)(=O)N3CCCC3)cn2C)C2CC2)cc1. The second-order valence-electron chi connectivity index (χ2n) is 8.46. The topological polar surface area (TPSA) is 98.1 Å². The summed E-state index contributed by atoms with van der Waals surface area (Å²) in [4.78, 5) is 27.2. The summed E-state index contributed by atoms with van der Waals surface area (Å²) in [6.45, 7) is 0.992. The number of aromatic nitrogens is 1. The summed E-state index contributed by atoms with van der Waals surface area (Å²) in [7, 11) is -0.458. The molecule has 1 aromatic heterocycles. The molecule has 4 rings (SSSR count). The number of esters is 1. The Morgan fingerprint density at radius 3 is 2.39 bits per heavy atom. The standard InChI is InChI=1S/C23H29N3O6S/c1-24-15-20(33(29,30)25-11-3-4-12-25)13-21(24)23(28)32-16-22(27)26(18-7-8-18)14-17-5-9-19(31-2)10-6-17/h5-6,9-10,13,15,18H,3-4,7-8,11-12,14,16H2,1-2H3. The summed E-state index contributed by atoms with van der Waals surface area (Å²) in [5.41, 5.74) is 1.05. The summed E-state index contributed by atoms with van der Waals surface area (Å²) in [6.07, 6.45) is 4.91. The number of carbonyl (C=O) groups excluding carboxylic acids is 2. The quantitative estimate of drug-likeness (QED) is 0.516. The van der Waals surface area contributed by atoms with Crippen molar-refractivity contribution in [3.63, 3.8) is 0 Å². The molecule has 1 aliphatic heterocycles. The van der Waals surface area contributed by atoms with E-state index < -0.39 is 22.6 Å². The van der Waals surface area contributed by atoms with Crippen LogP contribution in [-0.4, -0.2) is 66.9 Å². The Kier molecular flexibility index (Phi) is 6.76. The van der Waals surface area contributed by atoms with Gasteiger partial charge in [-0.15, -0.1) is 0 Å². The van der Waals surface area contributed by atoms with Gasteiger partial charge in [0.1, 0.15) is 16.3 Å². The molecule has 1 saturated carbocycles. The minimum absolute atomic E-state index is 0.0595. The Hall–Kier alpha value is -2.85. The number of sulfonamides is 1. The normalized spacial score (nSPS) is 16.5. The van der Waals surface area contributed by atoms with Gasteiger partial charge in [0.2, 0.25) is 10.0 Å². The molecule has 2 heterocycles. The van der Waals surface area contributed by atoms with Gasteiger partial charge in [0.15, 0.2) is 6.61 Å². The van der Waals surface area contributed by atoms with E-state index >= 15 is 0 Å². The highest BCUT2D eigenvalue weighted by Crippen LogP contribution is 2.29. The average Bonchev–Trinajstić information content (AvgIpc) is 3.31. The maximum Gasteiger partial charge on any atom is 0.355 e. The zero-order valence-electron chi connectivity index (χ0n) is 18.9. The third-order valence-electron chi connectivity index (χ3n) is 6.04. The van der Waals surface area contributed by atoms with Crippen LogP contribution in [0.4, 0.5) is 0 Å². The molecule has 0 spiro atoms. The van der Waals surface area contributed by atoms with Crippen LogP contribution in [-0.2, 0) is 33.1 Å². The molecule has 0 radical (unpaired) electrons. The van der Waals surface area contributed by atoms with Gasteiger partial charge >= 0.3 is 5.97 Å². The van der Waals surface area contributed by atoms with Crippen LogP contribution in [0.5, 0.6) is 5.75 Å². The molecule has 0 N–H and O–H groups in total. The van der Waals surface area contributed by atoms with Gasteiger partial charge in [-0.25, -0.2) is 13.2 Å². The Balaban J connectivity index is 1.39. The molecule has 1 saturated heterocycles. The summed E-state index contributed by atoms with van der Waals surface area (Å²) in [5, 5.41) is 0. The highest BCUT2D eigenvalue weighted by atomic mass is 32.2. The van der Waals surface area contributed by atoms with E-state index in [2.05, 4.69) is 0 Å². The van der Waals surface area contributed by atoms with Crippen LogP contribution in [0.25, 0.3) is 0 Å². The molecule has 10 heteroatoms. The van der Waals surface area contributed by atoms with Gasteiger partial charge in [-0.05, 0) is 49.4 Å². The summed E-state index contributed by atoms with van der Waals surface area (Å²) < 4.78 is 38.8. The maximum absolute atomic E-state index is 12.8. The Morgan fingerprint density at radius 2 is 1.79 bits per heavy atom. The largest absolute Gasteiger partial charge is 0.497 e. The summed E-state index contributed by atoms with van der Waals surface area (Å²) >= 11 is 0. The van der Waals surface area contributed by atoms with Crippen molar-refractivity contribution in [2.24, 2.45) is 7.05 Å². The van der Waals surface area contributed by atoms with Crippen molar-refractivity contribution >= 4 is 21.9 Å². The fourth-order valence-electron chi connectivity index (χ4n) is 3.97. The molecule has 1 amide bonds. The number of methoxy groups -OCH3 is 1. The van der Waals surface area contributed by atoms with Gasteiger partial charge in [0, 0.05) is 38.9 Å². The third-order valence-corrected chi connectivity index (χ3v) is 7.90. The van der Waals surface area contributed by atoms with Crippen LogP contribution in [0.3, 0.4) is 0 Å². The lowest BCUT2D eigenvalue weighted by Crippen LogP contribution is -2.36. The van der Waals surface area contributed by atoms with Crippen molar-refractivity contribution < 1.29 is 27.5 Å². The minimum Gasteiger partial charge on any atom is -0.497 e. The van der Waals surface area contributed by atoms with Gasteiger partial charge in [0.25, 0.3) is 5.91 Å². The molecule has 33 heavy (non-hydrogen) atoms. The van der Waals surface area contributed by atoms with Crippen LogP contribution in [0, 0.1) is 0 Å². The lowest BCUT2D eigenvalue weighted by atomic mass is 10.2. The summed E-state index contributed by atoms with van der Waals surface area (Å²) in [5.74, 6) is -0.264. The molecule has 2 fully saturated rings. The molecule has 2 aliphatic rings. The van der Waals surface area contributed by atoms with Gasteiger partial charge in [-0.3, -0.25) is 4.79 Å². The van der Waals surface area contributed by atoms with Crippen molar-refractivity contribution in [2.45, 2.75) is 43.2 Å². The van der Waals surface area contributed by atoms with E-state index in [1.165, 1.54) is 21.1 Å². The lowest BCUT2D eigenvalue weighted by molar-refractivity contribution is -0.135. The second-order valence-corrected chi connectivity index (χ2v) is 10.4. The molecule has 0 atom stereocenters. The van der Waals surface area contributed by atoms with Gasteiger partial charge < -0.3 is 18.9 Å². The molecular formula is C23H29N3O6S. The fraction of sp³-hybridized carbons (Fsp3) is 0.478. The zero-order chi connectivity index (χ0) is 23.6. The van der Waals surface area contributed by atoms with Gasteiger partial charge in [-0.1, -0.05) is 12.1 Å². The number of carbonyl (C=O) groups is 2. The number of aryl methyl sites for hydroxylation is 1. The van der Waals surface area contributed by atoms with Gasteiger partial charge in [0.05, 0.1) is 7.11 Å². The van der Waals surface area contributed by atoms with Crippen molar-refractivity contribution in [2.75, 3.05) is 26.8 Å². The monoisotopic (exact) mass is 475 g/mol. The molecule has 9 nitrogen and oxygen atoms in total. The van der Waals surface area contributed by atoms with E-state index in [0.717, 1.165) is 37.0 Å². The molecular weight excluding hydrogens is 446 g/mol. The fourth-order valence-corrected chi connectivity index (χ4v) is 5.56. The predicted molar refractivity (Wildman–Crippen MR) is 120 cm³/mol. The lowest BCUT2D eigenvalue weighted by Gasteiger charge is -2.22. The molecule has 2 aromatic rings. The highest BCUT2D eigenvalue weighted by molar-refractivity contribution is 7.89. The first-order valence-electron chi connectivity index (χ1n) is 11.1. The van der Waals surface area contributed by atoms with Crippen LogP contribution in [0.15, 0.2) is 41.4 Å². The molecule has 0 unspecified atom stereocenters. The first-order chi connectivity index (χ1) is 15.8. The van der Waals surface area contributed by atoms with E-state index in [0.29, 0.717) is 19.6 Å². The van der Waals surface area contributed by atoms with Crippen molar-refractivity contribution in [3.05, 3.63) is 47.8 Å². The van der Waals surface area contributed by atoms with Crippen molar-refractivity contribution in [1.29, 1.82) is 0 Å². The van der Waals surface area contributed by atoms with Crippen molar-refractivity contribution in [3.8, 4) is 5.75 Å². The minimum atomic E-state index is -3.64. The Bertz CT molecular complexity index is 1120. The number of nitrogens with zero attached hydrogens (tertiary/aromatic N) is 3. The zero-order valence-corrected chi connectivity index (χ0v) is 19.7. The number of hydrogen-bond acceptors (Lipinski definition) is 6. The van der Waals surface area contributed by atoms with Crippen LogP contribution in [0.2, 0.25) is 0 Å². The van der Waals surface area contributed by atoms with Crippen molar-refractivity contribution in [1.82, 2.24) is 13.8 Å².